The van der Waals surface area contributed by atoms with Crippen LogP contribution in [-0.4, -0.2) is 4.92 Å². The number of halogens is 2. The highest BCUT2D eigenvalue weighted by Gasteiger charge is 2.16. The molecule has 0 aromatic heterocycles. The van der Waals surface area contributed by atoms with E-state index < -0.39 is 28.0 Å². The van der Waals surface area contributed by atoms with Crippen molar-refractivity contribution in [3.8, 4) is 17.6 Å². The van der Waals surface area contributed by atoms with E-state index in [0.29, 0.717) is 0 Å². The fourth-order valence-electron chi connectivity index (χ4n) is 1.51. The molecule has 0 aliphatic carbocycles. The van der Waals surface area contributed by atoms with E-state index in [1.165, 1.54) is 24.3 Å². The van der Waals surface area contributed by atoms with Crippen LogP contribution in [0.1, 0.15) is 5.56 Å². The molecule has 0 unspecified atom stereocenters. The van der Waals surface area contributed by atoms with Crippen LogP contribution in [0.2, 0.25) is 0 Å². The third-order valence-corrected chi connectivity index (χ3v) is 2.43. The number of nitro groups is 1. The maximum absolute atomic E-state index is 13.4. The Morgan fingerprint density at radius 3 is 2.65 bits per heavy atom. The molecule has 7 heteroatoms. The van der Waals surface area contributed by atoms with E-state index in [1.54, 1.807) is 6.07 Å². The maximum atomic E-state index is 13.4. The average Bonchev–Trinajstić information content (AvgIpc) is 2.43. The Morgan fingerprint density at radius 1 is 1.25 bits per heavy atom. The molecule has 0 radical (unpaired) electrons. The van der Waals surface area contributed by atoms with Gasteiger partial charge in [-0.2, -0.15) is 9.65 Å². The number of hydrogen-bond donors (Lipinski definition) is 0. The van der Waals surface area contributed by atoms with Crippen molar-refractivity contribution in [2.45, 2.75) is 0 Å². The molecule has 0 bridgehead atoms. The number of nitriles is 1. The van der Waals surface area contributed by atoms with Gasteiger partial charge in [0.05, 0.1) is 11.0 Å². The van der Waals surface area contributed by atoms with Gasteiger partial charge < -0.3 is 4.74 Å². The number of rotatable bonds is 3. The van der Waals surface area contributed by atoms with E-state index in [4.69, 9.17) is 10.00 Å². The molecular formula is C13H6F2N2O3. The van der Waals surface area contributed by atoms with Crippen LogP contribution in [-0.2, 0) is 0 Å². The molecule has 0 aliphatic rings. The van der Waals surface area contributed by atoms with Crippen molar-refractivity contribution >= 4 is 5.69 Å². The van der Waals surface area contributed by atoms with Crippen molar-refractivity contribution in [2.24, 2.45) is 0 Å². The van der Waals surface area contributed by atoms with Crippen LogP contribution in [0.5, 0.6) is 11.5 Å². The van der Waals surface area contributed by atoms with Crippen molar-refractivity contribution < 1.29 is 18.4 Å². The summed E-state index contributed by atoms with van der Waals surface area (Å²) in [5.74, 6) is -2.76. The Morgan fingerprint density at radius 2 is 2.00 bits per heavy atom. The predicted molar refractivity (Wildman–Crippen MR) is 64.2 cm³/mol. The lowest BCUT2D eigenvalue weighted by atomic mass is 10.2. The predicted octanol–water partition coefficient (Wildman–Crippen LogP) is 3.54. The van der Waals surface area contributed by atoms with Crippen molar-refractivity contribution in [1.29, 1.82) is 5.26 Å². The quantitative estimate of drug-likeness (QED) is 0.634. The van der Waals surface area contributed by atoms with E-state index in [9.17, 15) is 18.9 Å². The average molecular weight is 276 g/mol. The van der Waals surface area contributed by atoms with Gasteiger partial charge in [0.25, 0.3) is 5.69 Å². The molecule has 0 spiro atoms. The lowest BCUT2D eigenvalue weighted by Gasteiger charge is -2.07. The molecule has 20 heavy (non-hydrogen) atoms. The first-order valence-corrected chi connectivity index (χ1v) is 5.33. The van der Waals surface area contributed by atoms with Crippen LogP contribution in [0.3, 0.4) is 0 Å². The molecule has 0 saturated carbocycles. The highest BCUT2D eigenvalue weighted by atomic mass is 19.2. The van der Waals surface area contributed by atoms with E-state index in [2.05, 4.69) is 0 Å². The van der Waals surface area contributed by atoms with Crippen LogP contribution < -0.4 is 4.74 Å². The summed E-state index contributed by atoms with van der Waals surface area (Å²) in [6, 6.07) is 8.41. The molecule has 0 heterocycles. The summed E-state index contributed by atoms with van der Waals surface area (Å²) in [5.41, 5.74) is -0.621. The summed E-state index contributed by atoms with van der Waals surface area (Å²) in [5, 5.41) is 19.5. The first-order valence-electron chi connectivity index (χ1n) is 5.33. The molecule has 2 aromatic rings. The molecular weight excluding hydrogens is 270 g/mol. The Bertz CT molecular complexity index is 726. The summed E-state index contributed by atoms with van der Waals surface area (Å²) in [4.78, 5) is 10.0. The molecule has 100 valence electrons. The van der Waals surface area contributed by atoms with E-state index in [-0.39, 0.29) is 11.3 Å². The Labute approximate surface area is 111 Å². The molecule has 2 rings (SSSR count). The van der Waals surface area contributed by atoms with Gasteiger partial charge in [0.15, 0.2) is 11.6 Å². The summed E-state index contributed by atoms with van der Waals surface area (Å²) in [6.07, 6.45) is 0. The highest BCUT2D eigenvalue weighted by molar-refractivity contribution is 5.53. The summed E-state index contributed by atoms with van der Waals surface area (Å²) >= 11 is 0. The zero-order valence-electron chi connectivity index (χ0n) is 9.84. The second-order valence-corrected chi connectivity index (χ2v) is 3.70. The normalized spacial score (nSPS) is 9.85. The van der Waals surface area contributed by atoms with Crippen molar-refractivity contribution in [3.63, 3.8) is 0 Å². The van der Waals surface area contributed by atoms with Crippen LogP contribution in [0.15, 0.2) is 36.4 Å². The molecule has 0 saturated heterocycles. The maximum Gasteiger partial charge on any atom is 0.290 e. The third kappa shape index (κ3) is 2.54. The van der Waals surface area contributed by atoms with Crippen molar-refractivity contribution in [1.82, 2.24) is 0 Å². The lowest BCUT2D eigenvalue weighted by molar-refractivity contribution is -0.385. The van der Waals surface area contributed by atoms with E-state index in [1.807, 2.05) is 0 Å². The standard InChI is InChI=1S/C13H6F2N2O3/c14-10-2-1-3-12(13(10)15)20-9-5-4-8(7-16)11(6-9)17(18)19/h1-6H. The molecule has 0 fully saturated rings. The van der Waals surface area contributed by atoms with Gasteiger partial charge in [0.2, 0.25) is 5.82 Å². The summed E-state index contributed by atoms with van der Waals surface area (Å²) in [7, 11) is 0. The van der Waals surface area contributed by atoms with Gasteiger partial charge in [0, 0.05) is 0 Å². The van der Waals surface area contributed by atoms with Gasteiger partial charge in [-0.3, -0.25) is 10.1 Å². The van der Waals surface area contributed by atoms with Gasteiger partial charge >= 0.3 is 0 Å². The van der Waals surface area contributed by atoms with Crippen molar-refractivity contribution in [3.05, 3.63) is 63.7 Å². The summed E-state index contributed by atoms with van der Waals surface area (Å²) < 4.78 is 31.5. The van der Waals surface area contributed by atoms with Gasteiger partial charge in [-0.25, -0.2) is 4.39 Å². The number of ether oxygens (including phenoxy) is 1. The topological polar surface area (TPSA) is 76.2 Å². The fraction of sp³-hybridized carbons (Fsp3) is 0. The Kier molecular flexibility index (Phi) is 3.57. The molecule has 0 N–H and O–H groups in total. The minimum Gasteiger partial charge on any atom is -0.454 e. The van der Waals surface area contributed by atoms with E-state index >= 15 is 0 Å². The minimum absolute atomic E-state index is 0.0693. The molecule has 0 atom stereocenters. The molecule has 2 aromatic carbocycles. The number of benzene rings is 2. The second kappa shape index (κ2) is 5.32. The zero-order valence-corrected chi connectivity index (χ0v) is 9.84. The van der Waals surface area contributed by atoms with Gasteiger partial charge in [-0.05, 0) is 24.3 Å². The fourth-order valence-corrected chi connectivity index (χ4v) is 1.51. The monoisotopic (exact) mass is 276 g/mol. The minimum atomic E-state index is -1.19. The van der Waals surface area contributed by atoms with Gasteiger partial charge in [-0.1, -0.05) is 6.07 Å². The van der Waals surface area contributed by atoms with Crippen LogP contribution in [0.25, 0.3) is 0 Å². The summed E-state index contributed by atoms with van der Waals surface area (Å²) in [6.45, 7) is 0. The smallest absolute Gasteiger partial charge is 0.290 e. The van der Waals surface area contributed by atoms with Gasteiger partial charge in [-0.15, -0.1) is 0 Å². The Hall–Kier alpha value is -3.01. The van der Waals surface area contributed by atoms with Crippen LogP contribution in [0, 0.1) is 33.1 Å². The largest absolute Gasteiger partial charge is 0.454 e. The van der Waals surface area contributed by atoms with Crippen molar-refractivity contribution in [2.75, 3.05) is 0 Å². The molecule has 5 nitrogen and oxygen atoms in total. The molecule has 0 aliphatic heterocycles. The van der Waals surface area contributed by atoms with Crippen LogP contribution >= 0.6 is 0 Å². The van der Waals surface area contributed by atoms with E-state index in [0.717, 1.165) is 12.1 Å². The number of nitrogens with zero attached hydrogens (tertiary/aromatic N) is 2. The first-order chi connectivity index (χ1) is 9.52. The molecule has 0 amide bonds. The SMILES string of the molecule is N#Cc1ccc(Oc2cccc(F)c2F)cc1[N+](=O)[O-]. The Balaban J connectivity index is 2.40. The first kappa shape index (κ1) is 13.4. The number of hydrogen-bond acceptors (Lipinski definition) is 4. The van der Waals surface area contributed by atoms with Crippen LogP contribution in [0.4, 0.5) is 14.5 Å². The third-order valence-electron chi connectivity index (χ3n) is 2.43. The lowest BCUT2D eigenvalue weighted by Crippen LogP contribution is -1.95. The number of nitro benzene ring substituents is 1. The second-order valence-electron chi connectivity index (χ2n) is 3.70. The van der Waals surface area contributed by atoms with Gasteiger partial charge in [0.1, 0.15) is 17.4 Å². The highest BCUT2D eigenvalue weighted by Crippen LogP contribution is 2.29. The zero-order chi connectivity index (χ0) is 14.7.